The Morgan fingerprint density at radius 1 is 1.56 bits per heavy atom. The number of rotatable bonds is 5. The number of aromatic nitrogens is 1. The first kappa shape index (κ1) is 13.0. The van der Waals surface area contributed by atoms with Gasteiger partial charge >= 0.3 is 0 Å². The van der Waals surface area contributed by atoms with Gasteiger partial charge in [-0.3, -0.25) is 9.78 Å². The third-order valence-corrected chi connectivity index (χ3v) is 3.41. The van der Waals surface area contributed by atoms with Gasteiger partial charge in [0.1, 0.15) is 0 Å². The SMILES string of the molecule is Cc1cccc(CN(C)C(=O)CC(N)C2CC2)n1. The van der Waals surface area contributed by atoms with Crippen LogP contribution in [0.5, 0.6) is 0 Å². The van der Waals surface area contributed by atoms with Gasteiger partial charge in [0.15, 0.2) is 0 Å². The minimum absolute atomic E-state index is 0.0328. The number of nitrogens with two attached hydrogens (primary N) is 1. The lowest BCUT2D eigenvalue weighted by molar-refractivity contribution is -0.130. The van der Waals surface area contributed by atoms with Crippen molar-refractivity contribution in [1.82, 2.24) is 9.88 Å². The first-order valence-electron chi connectivity index (χ1n) is 6.48. The van der Waals surface area contributed by atoms with Crippen LogP contribution in [0, 0.1) is 12.8 Å². The van der Waals surface area contributed by atoms with E-state index in [-0.39, 0.29) is 11.9 Å². The van der Waals surface area contributed by atoms with Crippen LogP contribution in [-0.2, 0) is 11.3 Å². The molecule has 1 saturated carbocycles. The zero-order valence-electron chi connectivity index (χ0n) is 11.1. The summed E-state index contributed by atoms with van der Waals surface area (Å²) in [6.07, 6.45) is 2.81. The van der Waals surface area contributed by atoms with Crippen LogP contribution in [-0.4, -0.2) is 28.9 Å². The van der Waals surface area contributed by atoms with E-state index in [0.717, 1.165) is 11.4 Å². The van der Waals surface area contributed by atoms with E-state index in [2.05, 4.69) is 4.98 Å². The van der Waals surface area contributed by atoms with E-state index >= 15 is 0 Å². The van der Waals surface area contributed by atoms with Crippen molar-refractivity contribution in [2.75, 3.05) is 7.05 Å². The minimum atomic E-state index is 0.0328. The Morgan fingerprint density at radius 2 is 2.28 bits per heavy atom. The van der Waals surface area contributed by atoms with Crippen LogP contribution >= 0.6 is 0 Å². The summed E-state index contributed by atoms with van der Waals surface area (Å²) in [4.78, 5) is 18.1. The van der Waals surface area contributed by atoms with Gasteiger partial charge in [0, 0.05) is 25.2 Å². The molecular formula is C14H21N3O. The predicted octanol–water partition coefficient (Wildman–Crippen LogP) is 1.48. The smallest absolute Gasteiger partial charge is 0.224 e. The highest BCUT2D eigenvalue weighted by molar-refractivity contribution is 5.76. The standard InChI is InChI=1S/C14H21N3O/c1-10-4-3-5-12(16-10)9-17(2)14(18)8-13(15)11-6-7-11/h3-5,11,13H,6-9,15H2,1-2H3. The lowest BCUT2D eigenvalue weighted by atomic mass is 10.1. The van der Waals surface area contributed by atoms with Crippen LogP contribution in [0.1, 0.15) is 30.7 Å². The maximum Gasteiger partial charge on any atom is 0.224 e. The first-order valence-corrected chi connectivity index (χ1v) is 6.48. The molecule has 0 radical (unpaired) electrons. The van der Waals surface area contributed by atoms with Gasteiger partial charge in [0.2, 0.25) is 5.91 Å². The van der Waals surface area contributed by atoms with E-state index in [4.69, 9.17) is 5.73 Å². The molecule has 1 aromatic heterocycles. The number of carbonyl (C=O) groups excluding carboxylic acids is 1. The molecule has 4 heteroatoms. The van der Waals surface area contributed by atoms with Gasteiger partial charge < -0.3 is 10.6 Å². The number of hydrogen-bond donors (Lipinski definition) is 1. The third-order valence-electron chi connectivity index (χ3n) is 3.41. The summed E-state index contributed by atoms with van der Waals surface area (Å²) in [5.74, 6) is 0.678. The molecule has 2 N–H and O–H groups in total. The molecule has 1 unspecified atom stereocenters. The molecule has 1 fully saturated rings. The lowest BCUT2D eigenvalue weighted by Gasteiger charge is -2.19. The van der Waals surface area contributed by atoms with E-state index in [1.807, 2.05) is 32.2 Å². The van der Waals surface area contributed by atoms with E-state index in [1.165, 1.54) is 12.8 Å². The molecule has 4 nitrogen and oxygen atoms in total. The molecule has 18 heavy (non-hydrogen) atoms. The monoisotopic (exact) mass is 247 g/mol. The molecule has 1 amide bonds. The second-order valence-corrected chi connectivity index (χ2v) is 5.23. The molecule has 1 aliphatic carbocycles. The molecule has 0 spiro atoms. The van der Waals surface area contributed by atoms with Crippen LogP contribution < -0.4 is 5.73 Å². The summed E-state index contributed by atoms with van der Waals surface area (Å²) in [7, 11) is 1.81. The summed E-state index contributed by atoms with van der Waals surface area (Å²) in [6.45, 7) is 2.51. The van der Waals surface area contributed by atoms with Gasteiger partial charge in [-0.05, 0) is 37.8 Å². The van der Waals surface area contributed by atoms with Gasteiger partial charge in [0.05, 0.1) is 12.2 Å². The highest BCUT2D eigenvalue weighted by atomic mass is 16.2. The second kappa shape index (κ2) is 5.48. The van der Waals surface area contributed by atoms with Crippen LogP contribution in [0.2, 0.25) is 0 Å². The predicted molar refractivity (Wildman–Crippen MR) is 70.8 cm³/mol. The zero-order chi connectivity index (χ0) is 13.1. The van der Waals surface area contributed by atoms with Crippen molar-refractivity contribution in [3.05, 3.63) is 29.6 Å². The average Bonchev–Trinajstić information content (AvgIpc) is 3.12. The molecule has 0 saturated heterocycles. The van der Waals surface area contributed by atoms with Gasteiger partial charge in [-0.1, -0.05) is 6.07 Å². The van der Waals surface area contributed by atoms with Crippen molar-refractivity contribution >= 4 is 5.91 Å². The Hall–Kier alpha value is -1.42. The number of nitrogens with zero attached hydrogens (tertiary/aromatic N) is 2. The fourth-order valence-corrected chi connectivity index (χ4v) is 2.07. The average molecular weight is 247 g/mol. The van der Waals surface area contributed by atoms with Crippen LogP contribution in [0.3, 0.4) is 0 Å². The molecule has 0 aliphatic heterocycles. The molecule has 2 rings (SSSR count). The molecule has 1 aliphatic rings. The van der Waals surface area contributed by atoms with E-state index in [1.54, 1.807) is 4.90 Å². The summed E-state index contributed by atoms with van der Waals surface area (Å²) >= 11 is 0. The van der Waals surface area contributed by atoms with Crippen molar-refractivity contribution in [3.63, 3.8) is 0 Å². The number of hydrogen-bond acceptors (Lipinski definition) is 3. The molecule has 1 aromatic rings. The van der Waals surface area contributed by atoms with Gasteiger partial charge in [-0.25, -0.2) is 0 Å². The highest BCUT2D eigenvalue weighted by Gasteiger charge is 2.30. The molecule has 0 aromatic carbocycles. The number of amides is 1. The molecule has 1 atom stereocenters. The van der Waals surface area contributed by atoms with Crippen molar-refractivity contribution in [2.45, 2.75) is 38.8 Å². The van der Waals surface area contributed by atoms with Crippen LogP contribution in [0.4, 0.5) is 0 Å². The normalized spacial score (nSPS) is 16.4. The highest BCUT2D eigenvalue weighted by Crippen LogP contribution is 2.32. The van der Waals surface area contributed by atoms with Crippen LogP contribution in [0.15, 0.2) is 18.2 Å². The Kier molecular flexibility index (Phi) is 3.97. The van der Waals surface area contributed by atoms with Crippen molar-refractivity contribution in [1.29, 1.82) is 0 Å². The fraction of sp³-hybridized carbons (Fsp3) is 0.571. The lowest BCUT2D eigenvalue weighted by Crippen LogP contribution is -2.34. The molecule has 0 bridgehead atoms. The summed E-state index contributed by atoms with van der Waals surface area (Å²) in [5.41, 5.74) is 7.87. The molecule has 1 heterocycles. The van der Waals surface area contributed by atoms with Crippen LogP contribution in [0.25, 0.3) is 0 Å². The molecule has 98 valence electrons. The maximum atomic E-state index is 12.0. The summed E-state index contributed by atoms with van der Waals surface area (Å²) < 4.78 is 0. The number of pyridine rings is 1. The molecular weight excluding hydrogens is 226 g/mol. The Bertz CT molecular complexity index is 429. The van der Waals surface area contributed by atoms with E-state index in [9.17, 15) is 4.79 Å². The van der Waals surface area contributed by atoms with Gasteiger partial charge in [-0.2, -0.15) is 0 Å². The second-order valence-electron chi connectivity index (χ2n) is 5.23. The fourth-order valence-electron chi connectivity index (χ4n) is 2.07. The minimum Gasteiger partial charge on any atom is -0.340 e. The Labute approximate surface area is 108 Å². The Morgan fingerprint density at radius 3 is 2.89 bits per heavy atom. The van der Waals surface area contributed by atoms with Crippen molar-refractivity contribution in [3.8, 4) is 0 Å². The van der Waals surface area contributed by atoms with Gasteiger partial charge in [-0.15, -0.1) is 0 Å². The number of aryl methyl sites for hydroxylation is 1. The quantitative estimate of drug-likeness (QED) is 0.857. The van der Waals surface area contributed by atoms with Gasteiger partial charge in [0.25, 0.3) is 0 Å². The summed E-state index contributed by atoms with van der Waals surface area (Å²) in [5, 5.41) is 0. The third kappa shape index (κ3) is 3.53. The van der Waals surface area contributed by atoms with E-state index < -0.39 is 0 Å². The van der Waals surface area contributed by atoms with Crippen molar-refractivity contribution < 1.29 is 4.79 Å². The maximum absolute atomic E-state index is 12.0. The number of carbonyl (C=O) groups is 1. The zero-order valence-corrected chi connectivity index (χ0v) is 11.1. The van der Waals surface area contributed by atoms with Crippen molar-refractivity contribution in [2.24, 2.45) is 11.7 Å². The topological polar surface area (TPSA) is 59.2 Å². The Balaban J connectivity index is 1.86. The summed E-state index contributed by atoms with van der Waals surface area (Å²) in [6, 6.07) is 5.89. The van der Waals surface area contributed by atoms with E-state index in [0.29, 0.717) is 18.9 Å². The largest absolute Gasteiger partial charge is 0.340 e. The first-order chi connectivity index (χ1) is 8.56.